The third kappa shape index (κ3) is 3.05. The van der Waals surface area contributed by atoms with Gasteiger partial charge in [-0.15, -0.1) is 11.8 Å². The molecule has 2 aromatic carbocycles. The third-order valence-electron chi connectivity index (χ3n) is 3.44. The van der Waals surface area contributed by atoms with Gasteiger partial charge in [0.1, 0.15) is 0 Å². The van der Waals surface area contributed by atoms with Gasteiger partial charge < -0.3 is 4.90 Å². The fraction of sp³-hybridized carbons (Fsp3) is 0.294. The average Bonchev–Trinajstić information content (AvgIpc) is 2.61. The van der Waals surface area contributed by atoms with Crippen molar-refractivity contribution in [2.75, 3.05) is 20.6 Å². The first kappa shape index (κ1) is 14.1. The Morgan fingerprint density at radius 1 is 0.900 bits per heavy atom. The molecule has 0 bridgehead atoms. The molecular weight excluding hydrogens is 282 g/mol. The van der Waals surface area contributed by atoms with E-state index in [1.807, 2.05) is 23.5 Å². The van der Waals surface area contributed by atoms with E-state index >= 15 is 0 Å². The highest BCUT2D eigenvalue weighted by molar-refractivity contribution is 8.03. The summed E-state index contributed by atoms with van der Waals surface area (Å²) in [6.45, 7) is 1.12. The molecule has 1 nitrogen and oxygen atoms in total. The van der Waals surface area contributed by atoms with Crippen molar-refractivity contribution in [2.45, 2.75) is 26.4 Å². The maximum Gasteiger partial charge on any atom is 0.0368 e. The summed E-state index contributed by atoms with van der Waals surface area (Å²) in [6, 6.07) is 17.6. The van der Waals surface area contributed by atoms with E-state index in [1.54, 1.807) is 0 Å². The normalized spacial score (nSPS) is 17.4. The Morgan fingerprint density at radius 2 is 1.55 bits per heavy atom. The Bertz CT molecular complexity index is 595. The smallest absolute Gasteiger partial charge is 0.0368 e. The van der Waals surface area contributed by atoms with Gasteiger partial charge in [0, 0.05) is 19.9 Å². The third-order valence-corrected chi connectivity index (χ3v) is 6.12. The van der Waals surface area contributed by atoms with Crippen molar-refractivity contribution < 1.29 is 0 Å². The number of hydrogen-bond acceptors (Lipinski definition) is 3. The van der Waals surface area contributed by atoms with E-state index in [-0.39, 0.29) is 0 Å². The van der Waals surface area contributed by atoms with Crippen LogP contribution >= 0.6 is 23.5 Å². The van der Waals surface area contributed by atoms with Crippen LogP contribution in [0.5, 0.6) is 0 Å². The molecule has 1 heterocycles. The van der Waals surface area contributed by atoms with Crippen LogP contribution in [0.3, 0.4) is 0 Å². The predicted octanol–water partition coefficient (Wildman–Crippen LogP) is 4.94. The quantitative estimate of drug-likeness (QED) is 0.791. The fourth-order valence-electron chi connectivity index (χ4n) is 2.40. The minimum Gasteiger partial charge on any atom is -0.309 e. The number of nitrogens with zero attached hydrogens (tertiary/aromatic N) is 1. The van der Waals surface area contributed by atoms with Gasteiger partial charge in [-0.1, -0.05) is 42.1 Å². The van der Waals surface area contributed by atoms with Crippen LogP contribution in [0.1, 0.15) is 17.2 Å². The van der Waals surface area contributed by atoms with Gasteiger partial charge in [-0.05, 0) is 50.8 Å². The van der Waals surface area contributed by atoms with E-state index in [0.717, 1.165) is 6.54 Å². The van der Waals surface area contributed by atoms with Crippen molar-refractivity contribution in [3.05, 3.63) is 54.1 Å². The zero-order chi connectivity index (χ0) is 13.9. The largest absolute Gasteiger partial charge is 0.309 e. The average molecular weight is 301 g/mol. The molecule has 104 valence electrons. The number of benzene rings is 2. The molecule has 2 aromatic rings. The molecule has 0 spiro atoms. The lowest BCUT2D eigenvalue weighted by Crippen LogP contribution is -2.15. The topological polar surface area (TPSA) is 3.24 Å². The zero-order valence-electron chi connectivity index (χ0n) is 11.9. The van der Waals surface area contributed by atoms with Crippen molar-refractivity contribution in [1.29, 1.82) is 0 Å². The highest BCUT2D eigenvalue weighted by atomic mass is 32.2. The van der Waals surface area contributed by atoms with Crippen LogP contribution in [0.4, 0.5) is 0 Å². The minimum atomic E-state index is 0.546. The van der Waals surface area contributed by atoms with Crippen LogP contribution in [0.2, 0.25) is 0 Å². The molecule has 3 rings (SSSR count). The van der Waals surface area contributed by atoms with Crippen LogP contribution in [0, 0.1) is 0 Å². The Hall–Kier alpha value is -0.900. The van der Waals surface area contributed by atoms with E-state index in [9.17, 15) is 0 Å². The first-order valence-electron chi connectivity index (χ1n) is 6.91. The van der Waals surface area contributed by atoms with Gasteiger partial charge >= 0.3 is 0 Å². The van der Waals surface area contributed by atoms with Gasteiger partial charge in [0.25, 0.3) is 0 Å². The lowest BCUT2D eigenvalue weighted by atomic mass is 10.1. The number of fused-ring (bicyclic) bond motifs is 2. The predicted molar refractivity (Wildman–Crippen MR) is 88.8 cm³/mol. The Kier molecular flexibility index (Phi) is 4.39. The van der Waals surface area contributed by atoms with Crippen LogP contribution in [-0.4, -0.2) is 25.5 Å². The maximum atomic E-state index is 2.29. The minimum absolute atomic E-state index is 0.546. The van der Waals surface area contributed by atoms with Crippen molar-refractivity contribution in [3.8, 4) is 0 Å². The van der Waals surface area contributed by atoms with Crippen molar-refractivity contribution in [3.63, 3.8) is 0 Å². The summed E-state index contributed by atoms with van der Waals surface area (Å²) in [5.74, 6) is 0. The molecule has 0 saturated heterocycles. The lowest BCUT2D eigenvalue weighted by molar-refractivity contribution is 0.398. The first-order chi connectivity index (χ1) is 9.74. The SMILES string of the molecule is CN(C)CCC1Sc2ccccc2Sc2ccccc21. The molecule has 0 N–H and O–H groups in total. The van der Waals surface area contributed by atoms with Gasteiger partial charge in [0.2, 0.25) is 0 Å². The molecule has 0 aliphatic carbocycles. The Morgan fingerprint density at radius 3 is 2.30 bits per heavy atom. The molecule has 1 aliphatic rings. The Balaban J connectivity index is 1.97. The van der Waals surface area contributed by atoms with Gasteiger partial charge in [0.15, 0.2) is 0 Å². The molecule has 20 heavy (non-hydrogen) atoms. The lowest BCUT2D eigenvalue weighted by Gasteiger charge is -2.19. The van der Waals surface area contributed by atoms with E-state index in [0.29, 0.717) is 5.25 Å². The number of hydrogen-bond donors (Lipinski definition) is 0. The van der Waals surface area contributed by atoms with E-state index < -0.39 is 0 Å². The monoisotopic (exact) mass is 301 g/mol. The van der Waals surface area contributed by atoms with Gasteiger partial charge in [-0.3, -0.25) is 0 Å². The van der Waals surface area contributed by atoms with Crippen LogP contribution in [0.15, 0.2) is 63.2 Å². The van der Waals surface area contributed by atoms with E-state index in [1.165, 1.54) is 26.7 Å². The summed E-state index contributed by atoms with van der Waals surface area (Å²) < 4.78 is 0. The molecular formula is C17H19NS2. The van der Waals surface area contributed by atoms with Crippen LogP contribution in [-0.2, 0) is 0 Å². The highest BCUT2D eigenvalue weighted by Gasteiger charge is 2.22. The Labute approximate surface area is 129 Å². The summed E-state index contributed by atoms with van der Waals surface area (Å²) in [7, 11) is 4.30. The molecule has 0 aromatic heterocycles. The van der Waals surface area contributed by atoms with Crippen molar-refractivity contribution in [2.24, 2.45) is 0 Å². The standard InChI is InChI=1S/C17H19NS2/c1-18(2)12-11-15-13-7-3-4-8-14(13)19-16-9-5-6-10-17(16)20-15/h3-10,15H,11-12H2,1-2H3. The van der Waals surface area contributed by atoms with Crippen LogP contribution in [0.25, 0.3) is 0 Å². The zero-order valence-corrected chi connectivity index (χ0v) is 13.5. The molecule has 3 heteroatoms. The van der Waals surface area contributed by atoms with E-state index in [4.69, 9.17) is 0 Å². The summed E-state index contributed by atoms with van der Waals surface area (Å²) in [4.78, 5) is 6.48. The van der Waals surface area contributed by atoms with E-state index in [2.05, 4.69) is 67.5 Å². The maximum absolute atomic E-state index is 2.29. The summed E-state index contributed by atoms with van der Waals surface area (Å²) in [6.07, 6.45) is 1.18. The van der Waals surface area contributed by atoms with Gasteiger partial charge in [0.05, 0.1) is 0 Å². The first-order valence-corrected chi connectivity index (χ1v) is 8.61. The summed E-state index contributed by atoms with van der Waals surface area (Å²) in [5, 5.41) is 0.546. The molecule has 1 aliphatic heterocycles. The van der Waals surface area contributed by atoms with Gasteiger partial charge in [-0.2, -0.15) is 0 Å². The second-order valence-corrected chi connectivity index (χ2v) is 7.61. The highest BCUT2D eigenvalue weighted by Crippen LogP contribution is 2.50. The molecule has 0 saturated carbocycles. The van der Waals surface area contributed by atoms with Crippen molar-refractivity contribution >= 4 is 23.5 Å². The second-order valence-electron chi connectivity index (χ2n) is 5.29. The molecule has 0 fully saturated rings. The van der Waals surface area contributed by atoms with Crippen LogP contribution < -0.4 is 0 Å². The molecule has 1 unspecified atom stereocenters. The molecule has 0 amide bonds. The van der Waals surface area contributed by atoms with Gasteiger partial charge in [-0.25, -0.2) is 0 Å². The summed E-state index contributed by atoms with van der Waals surface area (Å²) >= 11 is 3.92. The fourth-order valence-corrected chi connectivity index (χ4v) is 4.97. The molecule has 0 radical (unpaired) electrons. The number of rotatable bonds is 3. The summed E-state index contributed by atoms with van der Waals surface area (Å²) in [5.41, 5.74) is 1.49. The number of thioether (sulfide) groups is 1. The molecule has 1 atom stereocenters. The van der Waals surface area contributed by atoms with Crippen molar-refractivity contribution in [1.82, 2.24) is 4.90 Å². The second kappa shape index (κ2) is 6.25.